The normalized spacial score (nSPS) is 11.7. The molecule has 0 N–H and O–H groups in total. The minimum Gasteiger partial charge on any atom is -0.494 e. The number of hydrogen-bond acceptors (Lipinski definition) is 2. The van der Waals surface area contributed by atoms with Crippen LogP contribution in [-0.2, 0) is 6.18 Å². The van der Waals surface area contributed by atoms with E-state index in [4.69, 9.17) is 4.74 Å². The van der Waals surface area contributed by atoms with E-state index >= 15 is 0 Å². The monoisotopic (exact) mass is 443 g/mol. The van der Waals surface area contributed by atoms with Crippen LogP contribution >= 0.6 is 0 Å². The van der Waals surface area contributed by atoms with Crippen LogP contribution in [0, 0.1) is 18.6 Å². The number of aryl methyl sites for hydroxylation is 1. The van der Waals surface area contributed by atoms with Gasteiger partial charge >= 0.3 is 6.18 Å². The number of alkyl halides is 3. The van der Waals surface area contributed by atoms with Gasteiger partial charge in [0.05, 0.1) is 23.4 Å². The molecule has 0 saturated carbocycles. The Bertz CT molecular complexity index is 1310. The van der Waals surface area contributed by atoms with Gasteiger partial charge in [0.1, 0.15) is 17.4 Å². The van der Waals surface area contributed by atoms with Crippen molar-refractivity contribution in [1.29, 1.82) is 0 Å². The van der Waals surface area contributed by atoms with Crippen molar-refractivity contribution in [2.75, 3.05) is 6.61 Å². The Balaban J connectivity index is 1.73. The third-order valence-electron chi connectivity index (χ3n) is 5.15. The Labute approximate surface area is 181 Å². The van der Waals surface area contributed by atoms with Crippen molar-refractivity contribution < 1.29 is 26.7 Å². The number of pyridine rings is 1. The number of nitrogens with zero attached hydrogens (tertiary/aromatic N) is 1. The zero-order chi connectivity index (χ0) is 23.0. The molecule has 0 saturated heterocycles. The number of hydrogen-bond donors (Lipinski definition) is 0. The molecular formula is C25H18F5NO. The van der Waals surface area contributed by atoms with Gasteiger partial charge in [0.25, 0.3) is 0 Å². The zero-order valence-corrected chi connectivity index (χ0v) is 17.2. The highest BCUT2D eigenvalue weighted by molar-refractivity contribution is 5.86. The van der Waals surface area contributed by atoms with E-state index < -0.39 is 23.4 Å². The van der Waals surface area contributed by atoms with E-state index in [0.717, 1.165) is 12.1 Å². The van der Waals surface area contributed by atoms with Crippen LogP contribution in [0.25, 0.3) is 33.3 Å². The van der Waals surface area contributed by atoms with Crippen LogP contribution in [0.1, 0.15) is 18.1 Å². The van der Waals surface area contributed by atoms with Gasteiger partial charge in [-0.1, -0.05) is 12.1 Å². The average Bonchev–Trinajstić information content (AvgIpc) is 2.73. The van der Waals surface area contributed by atoms with Gasteiger partial charge in [-0.3, -0.25) is 0 Å². The molecular weight excluding hydrogens is 425 g/mol. The van der Waals surface area contributed by atoms with E-state index in [1.807, 2.05) is 0 Å². The molecule has 7 heteroatoms. The van der Waals surface area contributed by atoms with Gasteiger partial charge in [-0.05, 0) is 61.9 Å². The van der Waals surface area contributed by atoms with E-state index in [2.05, 4.69) is 4.98 Å². The van der Waals surface area contributed by atoms with Crippen molar-refractivity contribution >= 4 is 10.9 Å². The first-order chi connectivity index (χ1) is 15.2. The molecule has 2 nitrogen and oxygen atoms in total. The molecule has 1 aromatic heterocycles. The maximum absolute atomic E-state index is 14.9. The molecule has 0 unspecified atom stereocenters. The number of ether oxygens (including phenoxy) is 1. The van der Waals surface area contributed by atoms with E-state index in [0.29, 0.717) is 40.1 Å². The molecule has 0 aliphatic carbocycles. The lowest BCUT2D eigenvalue weighted by molar-refractivity contribution is -0.137. The van der Waals surface area contributed by atoms with Crippen LogP contribution in [0.3, 0.4) is 0 Å². The fourth-order valence-electron chi connectivity index (χ4n) is 3.58. The van der Waals surface area contributed by atoms with Gasteiger partial charge in [-0.2, -0.15) is 13.2 Å². The van der Waals surface area contributed by atoms with Crippen molar-refractivity contribution in [2.45, 2.75) is 20.0 Å². The number of aromatic nitrogens is 1. The second-order valence-corrected chi connectivity index (χ2v) is 7.32. The number of benzene rings is 3. The first-order valence-electron chi connectivity index (χ1n) is 9.88. The summed E-state index contributed by atoms with van der Waals surface area (Å²) in [4.78, 5) is 4.40. The summed E-state index contributed by atoms with van der Waals surface area (Å²) in [6, 6.07) is 13.5. The molecule has 0 radical (unpaired) electrons. The van der Waals surface area contributed by atoms with Crippen LogP contribution < -0.4 is 4.74 Å². The Morgan fingerprint density at radius 2 is 1.53 bits per heavy atom. The summed E-state index contributed by atoms with van der Waals surface area (Å²) in [6.45, 7) is 3.84. The minimum absolute atomic E-state index is 0.0848. The van der Waals surface area contributed by atoms with Gasteiger partial charge in [-0.25, -0.2) is 13.8 Å². The topological polar surface area (TPSA) is 22.1 Å². The molecule has 0 aliphatic rings. The zero-order valence-electron chi connectivity index (χ0n) is 17.2. The van der Waals surface area contributed by atoms with E-state index in [1.165, 1.54) is 30.3 Å². The second kappa shape index (κ2) is 8.22. The third-order valence-corrected chi connectivity index (χ3v) is 5.15. The van der Waals surface area contributed by atoms with E-state index in [-0.39, 0.29) is 11.1 Å². The predicted molar refractivity (Wildman–Crippen MR) is 113 cm³/mol. The highest BCUT2D eigenvalue weighted by atomic mass is 19.4. The van der Waals surface area contributed by atoms with Crippen LogP contribution in [0.5, 0.6) is 5.75 Å². The molecule has 0 amide bonds. The minimum atomic E-state index is -4.45. The molecule has 0 atom stereocenters. The Kier molecular flexibility index (Phi) is 5.59. The molecule has 0 fully saturated rings. The molecule has 4 aromatic rings. The van der Waals surface area contributed by atoms with Crippen molar-refractivity contribution in [3.63, 3.8) is 0 Å². The number of rotatable bonds is 4. The number of halogens is 5. The van der Waals surface area contributed by atoms with Crippen molar-refractivity contribution in [2.24, 2.45) is 0 Å². The molecule has 4 rings (SSSR count). The van der Waals surface area contributed by atoms with Crippen LogP contribution in [-0.4, -0.2) is 11.6 Å². The first-order valence-corrected chi connectivity index (χ1v) is 9.88. The predicted octanol–water partition coefficient (Wildman–Crippen LogP) is 7.57. The summed E-state index contributed by atoms with van der Waals surface area (Å²) in [6.07, 6.45) is -4.45. The quantitative estimate of drug-likeness (QED) is 0.304. The highest BCUT2D eigenvalue weighted by Gasteiger charge is 2.30. The largest absolute Gasteiger partial charge is 0.494 e. The maximum Gasteiger partial charge on any atom is 0.416 e. The SMILES string of the molecule is CCOc1ccc(-c2ccc(-c3cc(C)c4cc(C(F)(F)F)ccc4n3)cc2F)c(F)c1. The first kappa shape index (κ1) is 21.7. The summed E-state index contributed by atoms with van der Waals surface area (Å²) < 4.78 is 73.6. The van der Waals surface area contributed by atoms with Gasteiger partial charge < -0.3 is 4.74 Å². The van der Waals surface area contributed by atoms with E-state index in [1.54, 1.807) is 32.0 Å². The van der Waals surface area contributed by atoms with Crippen LogP contribution in [0.2, 0.25) is 0 Å². The van der Waals surface area contributed by atoms with Gasteiger partial charge in [0, 0.05) is 28.1 Å². The van der Waals surface area contributed by atoms with Gasteiger partial charge in [0.15, 0.2) is 0 Å². The fraction of sp³-hybridized carbons (Fsp3) is 0.160. The summed E-state index contributed by atoms with van der Waals surface area (Å²) >= 11 is 0. The maximum atomic E-state index is 14.9. The Morgan fingerprint density at radius 3 is 2.16 bits per heavy atom. The third kappa shape index (κ3) is 4.15. The summed E-state index contributed by atoms with van der Waals surface area (Å²) in [7, 11) is 0. The lowest BCUT2D eigenvalue weighted by Gasteiger charge is -2.12. The molecule has 164 valence electrons. The standard InChI is InChI=1S/C25H18F5NO/c1-3-32-17-6-8-19(22(27)13-17)18-7-4-15(11-21(18)26)24-10-14(2)20-12-16(25(28,29)30)5-9-23(20)31-24/h4-13H,3H2,1-2H3. The lowest BCUT2D eigenvalue weighted by atomic mass is 9.99. The smallest absolute Gasteiger partial charge is 0.416 e. The lowest BCUT2D eigenvalue weighted by Crippen LogP contribution is -2.04. The van der Waals surface area contributed by atoms with E-state index in [9.17, 15) is 22.0 Å². The summed E-state index contributed by atoms with van der Waals surface area (Å²) in [5, 5.41) is 0.372. The van der Waals surface area contributed by atoms with Gasteiger partial charge in [-0.15, -0.1) is 0 Å². The second-order valence-electron chi connectivity index (χ2n) is 7.32. The molecule has 1 heterocycles. The van der Waals surface area contributed by atoms with Crippen LogP contribution in [0.4, 0.5) is 22.0 Å². The van der Waals surface area contributed by atoms with Gasteiger partial charge in [0.2, 0.25) is 0 Å². The Morgan fingerprint density at radius 1 is 0.844 bits per heavy atom. The summed E-state index contributed by atoms with van der Waals surface area (Å²) in [5.41, 5.74) is 1.22. The van der Waals surface area contributed by atoms with Crippen molar-refractivity contribution in [3.8, 4) is 28.1 Å². The molecule has 0 spiro atoms. The van der Waals surface area contributed by atoms with Crippen molar-refractivity contribution in [1.82, 2.24) is 4.98 Å². The van der Waals surface area contributed by atoms with Crippen LogP contribution in [0.15, 0.2) is 60.7 Å². The summed E-state index contributed by atoms with van der Waals surface area (Å²) in [5.74, 6) is -0.893. The van der Waals surface area contributed by atoms with Crippen molar-refractivity contribution in [3.05, 3.63) is 83.4 Å². The molecule has 32 heavy (non-hydrogen) atoms. The number of fused-ring (bicyclic) bond motifs is 1. The molecule has 0 bridgehead atoms. The average molecular weight is 443 g/mol. The Hall–Kier alpha value is -3.48. The molecule has 0 aliphatic heterocycles. The highest BCUT2D eigenvalue weighted by Crippen LogP contribution is 2.34. The fourth-order valence-corrected chi connectivity index (χ4v) is 3.58. The molecule has 3 aromatic carbocycles.